The molecule has 0 saturated heterocycles. The lowest BCUT2D eigenvalue weighted by atomic mass is 9.80. The van der Waals surface area contributed by atoms with Gasteiger partial charge < -0.3 is 4.42 Å². The number of fused-ring (bicyclic) bond motifs is 7. The summed E-state index contributed by atoms with van der Waals surface area (Å²) in [5, 5.41) is 2.28. The van der Waals surface area contributed by atoms with Gasteiger partial charge in [0.15, 0.2) is 17.5 Å². The molecule has 0 fully saturated rings. The van der Waals surface area contributed by atoms with Crippen LogP contribution in [0.25, 0.3) is 78.4 Å². The quantitative estimate of drug-likeness (QED) is 0.204. The van der Waals surface area contributed by atoms with Gasteiger partial charge in [-0.05, 0) is 57.6 Å². The van der Waals surface area contributed by atoms with E-state index in [2.05, 4.69) is 117 Å². The molecule has 0 atom stereocenters. The lowest BCUT2D eigenvalue weighted by molar-refractivity contribution is 0.657. The first-order chi connectivity index (χ1) is 22.5. The molecule has 6 aromatic carbocycles. The van der Waals surface area contributed by atoms with Crippen LogP contribution in [0.4, 0.5) is 0 Å². The molecule has 0 N–H and O–H groups in total. The highest BCUT2D eigenvalue weighted by atomic mass is 16.3. The van der Waals surface area contributed by atoms with Crippen molar-refractivity contribution in [1.82, 2.24) is 15.0 Å². The van der Waals surface area contributed by atoms with Crippen molar-refractivity contribution in [3.8, 4) is 56.4 Å². The Balaban J connectivity index is 1.21. The first-order valence-electron chi connectivity index (χ1n) is 15.6. The largest absolute Gasteiger partial charge is 0.456 e. The summed E-state index contributed by atoms with van der Waals surface area (Å²) in [5.74, 6) is 1.87. The van der Waals surface area contributed by atoms with Gasteiger partial charge in [-0.3, -0.25) is 0 Å². The van der Waals surface area contributed by atoms with E-state index in [4.69, 9.17) is 19.4 Å². The summed E-state index contributed by atoms with van der Waals surface area (Å²) in [5.41, 5.74) is 11.9. The molecular formula is C42H29N3O. The zero-order valence-corrected chi connectivity index (χ0v) is 25.5. The van der Waals surface area contributed by atoms with Gasteiger partial charge in [0, 0.05) is 32.9 Å². The molecule has 2 heterocycles. The average molecular weight is 592 g/mol. The van der Waals surface area contributed by atoms with Gasteiger partial charge in [-0.1, -0.05) is 129 Å². The molecule has 0 spiro atoms. The van der Waals surface area contributed by atoms with Crippen molar-refractivity contribution in [2.45, 2.75) is 19.3 Å². The fourth-order valence-electron chi connectivity index (χ4n) is 7.10. The Bertz CT molecular complexity index is 2440. The van der Waals surface area contributed by atoms with Gasteiger partial charge in [0.05, 0.1) is 0 Å². The van der Waals surface area contributed by atoms with Gasteiger partial charge in [-0.15, -0.1) is 0 Å². The second-order valence-electron chi connectivity index (χ2n) is 12.5. The average Bonchev–Trinajstić information content (AvgIpc) is 3.60. The lowest BCUT2D eigenvalue weighted by Crippen LogP contribution is -2.15. The second-order valence-corrected chi connectivity index (χ2v) is 12.5. The van der Waals surface area contributed by atoms with Crippen molar-refractivity contribution in [2.24, 2.45) is 0 Å². The predicted octanol–water partition coefficient (Wildman–Crippen LogP) is 10.7. The van der Waals surface area contributed by atoms with Gasteiger partial charge in [-0.25, -0.2) is 15.0 Å². The number of furan rings is 1. The van der Waals surface area contributed by atoms with Crippen LogP contribution in [0.3, 0.4) is 0 Å². The third-order valence-electron chi connectivity index (χ3n) is 9.31. The molecule has 1 aliphatic carbocycles. The van der Waals surface area contributed by atoms with Crippen LogP contribution in [-0.4, -0.2) is 15.0 Å². The van der Waals surface area contributed by atoms with E-state index in [9.17, 15) is 0 Å². The Hall–Kier alpha value is -5.87. The fourth-order valence-corrected chi connectivity index (χ4v) is 7.10. The summed E-state index contributed by atoms with van der Waals surface area (Å²) in [7, 11) is 0. The molecular weight excluding hydrogens is 562 g/mol. The van der Waals surface area contributed by atoms with E-state index < -0.39 is 0 Å². The minimum absolute atomic E-state index is 0.136. The zero-order valence-electron chi connectivity index (χ0n) is 25.5. The van der Waals surface area contributed by atoms with Crippen molar-refractivity contribution in [2.75, 3.05) is 0 Å². The molecule has 0 amide bonds. The lowest BCUT2D eigenvalue weighted by Gasteiger charge is -2.22. The SMILES string of the molecule is CC1(C)c2ccccc2-c2ccc3oc4cc(-c5nc(-c6ccccc6)nc(-c6cccc(-c7ccccc7)c6)n5)ccc4c3c21. The molecule has 46 heavy (non-hydrogen) atoms. The smallest absolute Gasteiger partial charge is 0.164 e. The molecule has 0 aliphatic heterocycles. The van der Waals surface area contributed by atoms with Gasteiger partial charge in [0.25, 0.3) is 0 Å². The van der Waals surface area contributed by atoms with Crippen molar-refractivity contribution in [3.05, 3.63) is 151 Å². The van der Waals surface area contributed by atoms with Crippen molar-refractivity contribution in [3.63, 3.8) is 0 Å². The van der Waals surface area contributed by atoms with Gasteiger partial charge >= 0.3 is 0 Å². The monoisotopic (exact) mass is 591 g/mol. The fraction of sp³-hybridized carbons (Fsp3) is 0.0714. The van der Waals surface area contributed by atoms with Crippen LogP contribution in [0, 0.1) is 0 Å². The highest BCUT2D eigenvalue weighted by molar-refractivity contribution is 6.11. The Kier molecular flexibility index (Phi) is 5.81. The zero-order chi connectivity index (χ0) is 30.8. The standard InChI is InChI=1S/C42H29N3O/c1-42(2)34-19-10-9-18-31(34)32-22-23-35-37(38(32)42)33-21-20-30(25-36(33)46-35)41-44-39(27-14-7-4-8-15-27)43-40(45-41)29-17-11-16-28(24-29)26-12-5-3-6-13-26/h3-25H,1-2H3. The van der Waals surface area contributed by atoms with Crippen LogP contribution in [0.15, 0.2) is 144 Å². The van der Waals surface area contributed by atoms with E-state index in [1.165, 1.54) is 27.6 Å². The van der Waals surface area contributed by atoms with Gasteiger partial charge in [0.2, 0.25) is 0 Å². The second kappa shape index (κ2) is 10.1. The highest BCUT2D eigenvalue weighted by Gasteiger charge is 2.37. The van der Waals surface area contributed by atoms with E-state index >= 15 is 0 Å². The number of rotatable bonds is 4. The Morgan fingerprint density at radius 3 is 1.83 bits per heavy atom. The third kappa shape index (κ3) is 4.11. The van der Waals surface area contributed by atoms with Crippen LogP contribution in [0.1, 0.15) is 25.0 Å². The summed E-state index contributed by atoms with van der Waals surface area (Å²) in [4.78, 5) is 15.0. The van der Waals surface area contributed by atoms with Gasteiger partial charge in [-0.2, -0.15) is 0 Å². The van der Waals surface area contributed by atoms with Crippen molar-refractivity contribution < 1.29 is 4.42 Å². The van der Waals surface area contributed by atoms with Crippen molar-refractivity contribution in [1.29, 1.82) is 0 Å². The maximum Gasteiger partial charge on any atom is 0.164 e. The molecule has 0 radical (unpaired) electrons. The molecule has 9 rings (SSSR count). The predicted molar refractivity (Wildman–Crippen MR) is 186 cm³/mol. The van der Waals surface area contributed by atoms with Crippen LogP contribution >= 0.6 is 0 Å². The molecule has 4 nitrogen and oxygen atoms in total. The molecule has 8 aromatic rings. The minimum Gasteiger partial charge on any atom is -0.456 e. The molecule has 0 bridgehead atoms. The minimum atomic E-state index is -0.136. The van der Waals surface area contributed by atoms with Crippen LogP contribution in [0.2, 0.25) is 0 Å². The molecule has 4 heteroatoms. The Labute approximate surface area is 267 Å². The Morgan fingerprint density at radius 1 is 0.457 bits per heavy atom. The van der Waals surface area contributed by atoms with Crippen LogP contribution in [0.5, 0.6) is 0 Å². The molecule has 218 valence electrons. The van der Waals surface area contributed by atoms with Gasteiger partial charge in [0.1, 0.15) is 11.2 Å². The molecule has 1 aliphatic rings. The van der Waals surface area contributed by atoms with Crippen LogP contribution < -0.4 is 0 Å². The maximum atomic E-state index is 6.56. The summed E-state index contributed by atoms with van der Waals surface area (Å²) >= 11 is 0. The third-order valence-corrected chi connectivity index (χ3v) is 9.31. The summed E-state index contributed by atoms with van der Waals surface area (Å²) in [6.45, 7) is 4.63. The van der Waals surface area contributed by atoms with Crippen LogP contribution in [-0.2, 0) is 5.41 Å². The molecule has 0 unspecified atom stereocenters. The first-order valence-corrected chi connectivity index (χ1v) is 15.6. The summed E-state index contributed by atoms with van der Waals surface area (Å²) in [6.07, 6.45) is 0. The van der Waals surface area contributed by atoms with E-state index in [0.29, 0.717) is 17.5 Å². The number of nitrogens with zero attached hydrogens (tertiary/aromatic N) is 3. The number of benzene rings is 6. The van der Waals surface area contributed by atoms with E-state index in [1.54, 1.807) is 0 Å². The van der Waals surface area contributed by atoms with E-state index in [-0.39, 0.29) is 5.41 Å². The molecule has 2 aromatic heterocycles. The summed E-state index contributed by atoms with van der Waals surface area (Å²) < 4.78 is 6.56. The van der Waals surface area contributed by atoms with E-state index in [0.717, 1.165) is 44.4 Å². The Morgan fingerprint density at radius 2 is 1.07 bits per heavy atom. The summed E-state index contributed by atoms with van der Waals surface area (Å²) in [6, 6.07) is 48.2. The molecule has 0 saturated carbocycles. The normalized spacial score (nSPS) is 13.2. The van der Waals surface area contributed by atoms with Crippen molar-refractivity contribution >= 4 is 21.9 Å². The number of hydrogen-bond acceptors (Lipinski definition) is 4. The maximum absolute atomic E-state index is 6.56. The number of hydrogen-bond donors (Lipinski definition) is 0. The highest BCUT2D eigenvalue weighted by Crippen LogP contribution is 2.53. The van der Waals surface area contributed by atoms with E-state index in [1.807, 2.05) is 36.4 Å². The first kappa shape index (κ1) is 26.5. The number of aromatic nitrogens is 3. The topological polar surface area (TPSA) is 51.8 Å².